The number of hydrazone groups is 1. The number of likely N-dealkylation sites (N-methyl/N-ethyl adjacent to an activating group) is 1. The number of hydrogen-bond donors (Lipinski definition) is 3. The first-order chi connectivity index (χ1) is 15.2. The highest BCUT2D eigenvalue weighted by molar-refractivity contribution is 5.96. The molecule has 1 aliphatic heterocycles. The Bertz CT molecular complexity index is 968. The van der Waals surface area contributed by atoms with E-state index in [2.05, 4.69) is 10.1 Å². The van der Waals surface area contributed by atoms with E-state index in [1.54, 1.807) is 17.1 Å². The van der Waals surface area contributed by atoms with Crippen LogP contribution in [0.25, 0.3) is 10.8 Å². The fourth-order valence-electron chi connectivity index (χ4n) is 3.14. The summed E-state index contributed by atoms with van der Waals surface area (Å²) in [5.74, 6) is 0.213. The zero-order valence-electron chi connectivity index (χ0n) is 17.6. The number of alkyl halides is 3. The van der Waals surface area contributed by atoms with E-state index < -0.39 is 31.6 Å². The molecule has 9 nitrogen and oxygen atoms in total. The zero-order valence-corrected chi connectivity index (χ0v) is 17.6. The van der Waals surface area contributed by atoms with Gasteiger partial charge in [0.15, 0.2) is 11.9 Å². The van der Waals surface area contributed by atoms with Crippen LogP contribution in [0.4, 0.5) is 18.9 Å². The van der Waals surface area contributed by atoms with Gasteiger partial charge in [-0.15, -0.1) is 0 Å². The van der Waals surface area contributed by atoms with Crippen molar-refractivity contribution in [3.8, 4) is 11.6 Å². The van der Waals surface area contributed by atoms with Gasteiger partial charge in [0.05, 0.1) is 24.3 Å². The number of pyridine rings is 1. The van der Waals surface area contributed by atoms with Crippen molar-refractivity contribution in [1.29, 1.82) is 0 Å². The van der Waals surface area contributed by atoms with E-state index in [-0.39, 0.29) is 23.6 Å². The normalized spacial score (nSPS) is 15.5. The van der Waals surface area contributed by atoms with Crippen LogP contribution in [0.2, 0.25) is 0 Å². The second-order valence-electron chi connectivity index (χ2n) is 7.14. The fraction of sp³-hybridized carbons (Fsp3) is 0.500. The molecule has 0 amide bonds. The van der Waals surface area contributed by atoms with Crippen molar-refractivity contribution in [2.45, 2.75) is 32.2 Å². The van der Waals surface area contributed by atoms with Crippen LogP contribution in [-0.2, 0) is 0 Å². The first-order valence-electron chi connectivity index (χ1n) is 9.97. The third-order valence-corrected chi connectivity index (χ3v) is 4.95. The van der Waals surface area contributed by atoms with Crippen molar-refractivity contribution in [1.82, 2.24) is 9.88 Å². The molecule has 1 atom stereocenters. The molecule has 0 bridgehead atoms. The number of benzene rings is 1. The van der Waals surface area contributed by atoms with Crippen LogP contribution in [0.15, 0.2) is 29.5 Å². The van der Waals surface area contributed by atoms with Crippen LogP contribution in [0, 0.1) is 0 Å². The van der Waals surface area contributed by atoms with E-state index in [0.717, 1.165) is 6.92 Å². The van der Waals surface area contributed by atoms with Gasteiger partial charge >= 0.3 is 6.18 Å². The number of ether oxygens (including phenoxy) is 2. The number of aliphatic hydroxyl groups is 3. The Labute approximate surface area is 182 Å². The van der Waals surface area contributed by atoms with E-state index >= 15 is 0 Å². The number of aliphatic hydroxyl groups excluding tert-OH is 3. The van der Waals surface area contributed by atoms with E-state index in [4.69, 9.17) is 9.47 Å². The molecule has 3 N–H and O–H groups in total. The second kappa shape index (κ2) is 9.76. The van der Waals surface area contributed by atoms with Gasteiger partial charge in [0, 0.05) is 18.8 Å². The molecule has 0 radical (unpaired) electrons. The number of aromatic nitrogens is 1. The lowest BCUT2D eigenvalue weighted by Gasteiger charge is -2.23. The van der Waals surface area contributed by atoms with Crippen LogP contribution in [0.5, 0.6) is 11.6 Å². The monoisotopic (exact) mass is 458 g/mol. The number of hydrogen-bond acceptors (Lipinski definition) is 9. The summed E-state index contributed by atoms with van der Waals surface area (Å²) in [6.07, 6.45) is -6.34. The number of nitrogens with zero attached hydrogens (tertiary/aromatic N) is 4. The number of halogens is 3. The average Bonchev–Trinajstić information content (AvgIpc) is 3.20. The second-order valence-corrected chi connectivity index (χ2v) is 7.14. The van der Waals surface area contributed by atoms with Crippen molar-refractivity contribution in [3.63, 3.8) is 0 Å². The SMILES string of the molecule is CCN1CN(c2cc(OC(C)C(F)(F)F)c3c(OC(CO)CO)nccc3c2)N=C1CO. The molecule has 2 aromatic rings. The van der Waals surface area contributed by atoms with Crippen molar-refractivity contribution in [3.05, 3.63) is 24.4 Å². The van der Waals surface area contributed by atoms with Gasteiger partial charge in [0.1, 0.15) is 25.1 Å². The van der Waals surface area contributed by atoms with E-state index in [9.17, 15) is 28.5 Å². The van der Waals surface area contributed by atoms with Crippen molar-refractivity contribution in [2.24, 2.45) is 5.10 Å². The Morgan fingerprint density at radius 1 is 1.16 bits per heavy atom. The first-order valence-corrected chi connectivity index (χ1v) is 9.97. The predicted octanol–water partition coefficient (Wildman–Crippen LogP) is 1.70. The molecule has 0 spiro atoms. The minimum absolute atomic E-state index is 0.0809. The molecule has 0 saturated carbocycles. The molecule has 0 saturated heterocycles. The van der Waals surface area contributed by atoms with E-state index in [1.807, 2.05) is 11.8 Å². The van der Waals surface area contributed by atoms with Crippen molar-refractivity contribution >= 4 is 22.3 Å². The zero-order chi connectivity index (χ0) is 23.5. The lowest BCUT2D eigenvalue weighted by atomic mass is 10.1. The molecule has 3 rings (SSSR count). The third kappa shape index (κ3) is 4.97. The maximum Gasteiger partial charge on any atom is 0.425 e. The van der Waals surface area contributed by atoms with Crippen LogP contribution in [0.1, 0.15) is 13.8 Å². The highest BCUT2D eigenvalue weighted by Gasteiger charge is 2.38. The number of amidine groups is 1. The quantitative estimate of drug-likeness (QED) is 0.521. The lowest BCUT2D eigenvalue weighted by Crippen LogP contribution is -2.32. The molecule has 1 aromatic carbocycles. The first kappa shape index (κ1) is 23.8. The molecule has 12 heteroatoms. The summed E-state index contributed by atoms with van der Waals surface area (Å²) in [6.45, 7) is 2.36. The van der Waals surface area contributed by atoms with Crippen LogP contribution >= 0.6 is 0 Å². The fourth-order valence-corrected chi connectivity index (χ4v) is 3.14. The molecule has 1 unspecified atom stereocenters. The van der Waals surface area contributed by atoms with Gasteiger partial charge in [-0.05, 0) is 31.4 Å². The Morgan fingerprint density at radius 2 is 1.88 bits per heavy atom. The highest BCUT2D eigenvalue weighted by Crippen LogP contribution is 2.39. The van der Waals surface area contributed by atoms with Gasteiger partial charge < -0.3 is 29.7 Å². The minimum atomic E-state index is -4.61. The number of fused-ring (bicyclic) bond motifs is 1. The Morgan fingerprint density at radius 3 is 2.44 bits per heavy atom. The topological polar surface area (TPSA) is 111 Å². The molecule has 0 aliphatic carbocycles. The third-order valence-electron chi connectivity index (χ3n) is 4.95. The van der Waals surface area contributed by atoms with Gasteiger partial charge in [-0.25, -0.2) is 9.99 Å². The summed E-state index contributed by atoms with van der Waals surface area (Å²) in [4.78, 5) is 5.88. The number of anilines is 1. The molecule has 32 heavy (non-hydrogen) atoms. The van der Waals surface area contributed by atoms with Crippen molar-refractivity contribution in [2.75, 3.05) is 38.0 Å². The van der Waals surface area contributed by atoms with Gasteiger partial charge in [-0.1, -0.05) is 0 Å². The summed E-state index contributed by atoms with van der Waals surface area (Å²) in [7, 11) is 0. The summed E-state index contributed by atoms with van der Waals surface area (Å²) < 4.78 is 50.5. The smallest absolute Gasteiger partial charge is 0.425 e. The maximum atomic E-state index is 13.2. The van der Waals surface area contributed by atoms with Gasteiger partial charge in [0.25, 0.3) is 0 Å². The molecule has 0 fully saturated rings. The lowest BCUT2D eigenvalue weighted by molar-refractivity contribution is -0.189. The average molecular weight is 458 g/mol. The molecule has 1 aromatic heterocycles. The number of rotatable bonds is 9. The molecular formula is C20H25F3N4O5. The van der Waals surface area contributed by atoms with Crippen molar-refractivity contribution < 1.29 is 38.0 Å². The minimum Gasteiger partial charge on any atom is -0.480 e. The Hall–Kier alpha value is -2.83. The molecule has 176 valence electrons. The summed E-state index contributed by atoms with van der Waals surface area (Å²) in [5.41, 5.74) is 0.446. The van der Waals surface area contributed by atoms with Gasteiger partial charge in [-0.2, -0.15) is 18.3 Å². The largest absolute Gasteiger partial charge is 0.480 e. The summed E-state index contributed by atoms with van der Waals surface area (Å²) >= 11 is 0. The predicted molar refractivity (Wildman–Crippen MR) is 111 cm³/mol. The summed E-state index contributed by atoms with van der Waals surface area (Å²) in [5, 5.41) is 34.7. The van der Waals surface area contributed by atoms with Crippen LogP contribution in [0.3, 0.4) is 0 Å². The highest BCUT2D eigenvalue weighted by atomic mass is 19.4. The molecular weight excluding hydrogens is 433 g/mol. The molecule has 1 aliphatic rings. The van der Waals surface area contributed by atoms with Crippen LogP contribution in [-0.4, -0.2) is 82.5 Å². The van der Waals surface area contributed by atoms with E-state index in [0.29, 0.717) is 30.1 Å². The standard InChI is InChI=1S/C20H25F3N4O5/c1-3-26-11-27(25-17(26)10-30)14-6-13-4-5-24-19(32-15(8-28)9-29)18(13)16(7-14)31-12(2)20(21,22)23/h4-7,12,15,28-30H,3,8-11H2,1-2H3. The van der Waals surface area contributed by atoms with E-state index in [1.165, 1.54) is 12.3 Å². The summed E-state index contributed by atoms with van der Waals surface area (Å²) in [6, 6.07) is 4.65. The Balaban J connectivity index is 2.11. The van der Waals surface area contributed by atoms with Crippen LogP contribution < -0.4 is 14.5 Å². The Kier molecular flexibility index (Phi) is 7.26. The maximum absolute atomic E-state index is 13.2. The van der Waals surface area contributed by atoms with Gasteiger partial charge in [-0.3, -0.25) is 0 Å². The molecule has 2 heterocycles. The van der Waals surface area contributed by atoms with Gasteiger partial charge in [0.2, 0.25) is 5.88 Å².